The minimum atomic E-state index is -0.138. The summed E-state index contributed by atoms with van der Waals surface area (Å²) in [7, 11) is 0. The Balaban J connectivity index is 1.58. The van der Waals surface area contributed by atoms with E-state index in [1.54, 1.807) is 0 Å². The maximum atomic E-state index is 11.9. The van der Waals surface area contributed by atoms with Crippen molar-refractivity contribution in [2.45, 2.75) is 38.6 Å². The number of carbonyl (C=O) groups excluding carboxylic acids is 1. The normalized spacial score (nSPS) is 25.0. The van der Waals surface area contributed by atoms with Gasteiger partial charge in [0.25, 0.3) is 0 Å². The molecule has 6 heteroatoms. The molecule has 3 heterocycles. The van der Waals surface area contributed by atoms with Gasteiger partial charge in [-0.1, -0.05) is 30.3 Å². The molecule has 4 rings (SSSR count). The van der Waals surface area contributed by atoms with Gasteiger partial charge in [0, 0.05) is 25.1 Å². The Hall–Kier alpha value is -2.21. The topological polar surface area (TPSA) is 60.2 Å². The fourth-order valence-corrected chi connectivity index (χ4v) is 3.28. The fraction of sp³-hybridized carbons (Fsp3) is 0.438. The van der Waals surface area contributed by atoms with Crippen molar-refractivity contribution < 1.29 is 9.53 Å². The summed E-state index contributed by atoms with van der Waals surface area (Å²) in [4.78, 5) is 14.1. The van der Waals surface area contributed by atoms with E-state index in [2.05, 4.69) is 19.7 Å². The van der Waals surface area contributed by atoms with Gasteiger partial charge in [-0.2, -0.15) is 0 Å². The highest BCUT2D eigenvalue weighted by Crippen LogP contribution is 2.26. The first-order chi connectivity index (χ1) is 10.7. The van der Waals surface area contributed by atoms with Gasteiger partial charge in [0.1, 0.15) is 18.0 Å². The Morgan fingerprint density at radius 2 is 2.00 bits per heavy atom. The standard InChI is InChI=1S/C16H18N4O2/c1-11-9-13(16(21)22-11)19-7-8-20-14(10-19)17-18-15(20)12-5-3-2-4-6-12/h2-6,11,13H,7-10H2,1H3/t11-,13+/m0/s1. The zero-order valence-electron chi connectivity index (χ0n) is 12.5. The van der Waals surface area contributed by atoms with Gasteiger partial charge in [-0.15, -0.1) is 10.2 Å². The lowest BCUT2D eigenvalue weighted by molar-refractivity contribution is -0.145. The summed E-state index contributed by atoms with van der Waals surface area (Å²) in [6.45, 7) is 4.20. The molecular formula is C16H18N4O2. The van der Waals surface area contributed by atoms with Crippen molar-refractivity contribution in [2.75, 3.05) is 6.54 Å². The van der Waals surface area contributed by atoms with Crippen LogP contribution in [0, 0.1) is 0 Å². The molecule has 0 aliphatic carbocycles. The minimum Gasteiger partial charge on any atom is -0.461 e. The van der Waals surface area contributed by atoms with Crippen LogP contribution in [0.3, 0.4) is 0 Å². The summed E-state index contributed by atoms with van der Waals surface area (Å²) in [6, 6.07) is 9.94. The second-order valence-corrected chi connectivity index (χ2v) is 5.93. The van der Waals surface area contributed by atoms with E-state index in [1.165, 1.54) is 0 Å². The molecule has 1 saturated heterocycles. The van der Waals surface area contributed by atoms with Crippen molar-refractivity contribution >= 4 is 5.97 Å². The molecule has 6 nitrogen and oxygen atoms in total. The number of benzene rings is 1. The average molecular weight is 298 g/mol. The number of hydrogen-bond donors (Lipinski definition) is 0. The van der Waals surface area contributed by atoms with Crippen LogP contribution in [0.1, 0.15) is 19.2 Å². The van der Waals surface area contributed by atoms with Crippen LogP contribution < -0.4 is 0 Å². The molecule has 22 heavy (non-hydrogen) atoms. The first-order valence-corrected chi connectivity index (χ1v) is 7.64. The number of nitrogens with zero attached hydrogens (tertiary/aromatic N) is 4. The van der Waals surface area contributed by atoms with E-state index in [9.17, 15) is 4.79 Å². The number of cyclic esters (lactones) is 1. The molecule has 1 aromatic heterocycles. The predicted molar refractivity (Wildman–Crippen MR) is 79.8 cm³/mol. The molecule has 1 fully saturated rings. The monoisotopic (exact) mass is 298 g/mol. The summed E-state index contributed by atoms with van der Waals surface area (Å²) in [5.41, 5.74) is 1.07. The molecule has 2 aliphatic rings. The van der Waals surface area contributed by atoms with Gasteiger partial charge in [0.15, 0.2) is 5.82 Å². The summed E-state index contributed by atoms with van der Waals surface area (Å²) < 4.78 is 7.41. The number of fused-ring (bicyclic) bond motifs is 1. The van der Waals surface area contributed by atoms with Gasteiger partial charge in [-0.05, 0) is 6.92 Å². The second-order valence-electron chi connectivity index (χ2n) is 5.93. The third-order valence-corrected chi connectivity index (χ3v) is 4.40. The van der Waals surface area contributed by atoms with Crippen LogP contribution in [0.4, 0.5) is 0 Å². The van der Waals surface area contributed by atoms with Crippen molar-refractivity contribution in [2.24, 2.45) is 0 Å². The van der Waals surface area contributed by atoms with Crippen LogP contribution in [0.2, 0.25) is 0 Å². The summed E-state index contributed by atoms with van der Waals surface area (Å²) in [6.07, 6.45) is 0.774. The highest BCUT2D eigenvalue weighted by molar-refractivity contribution is 5.78. The number of aromatic nitrogens is 3. The Morgan fingerprint density at radius 3 is 2.73 bits per heavy atom. The summed E-state index contributed by atoms with van der Waals surface area (Å²) in [5, 5.41) is 8.65. The summed E-state index contributed by atoms with van der Waals surface area (Å²) >= 11 is 0. The number of carbonyl (C=O) groups is 1. The smallest absolute Gasteiger partial charge is 0.323 e. The first kappa shape index (κ1) is 13.5. The second kappa shape index (κ2) is 5.21. The van der Waals surface area contributed by atoms with Gasteiger partial charge >= 0.3 is 5.97 Å². The third-order valence-electron chi connectivity index (χ3n) is 4.40. The quantitative estimate of drug-likeness (QED) is 0.786. The number of ether oxygens (including phenoxy) is 1. The van der Waals surface area contributed by atoms with E-state index in [1.807, 2.05) is 37.3 Å². The molecular weight excluding hydrogens is 280 g/mol. The molecule has 0 bridgehead atoms. The van der Waals surface area contributed by atoms with Crippen molar-refractivity contribution in [3.05, 3.63) is 36.2 Å². The zero-order valence-corrected chi connectivity index (χ0v) is 12.5. The van der Waals surface area contributed by atoms with Crippen molar-refractivity contribution in [3.63, 3.8) is 0 Å². The average Bonchev–Trinajstić information content (AvgIpc) is 3.10. The lowest BCUT2D eigenvalue weighted by atomic mass is 10.1. The van der Waals surface area contributed by atoms with Gasteiger partial charge in [0.05, 0.1) is 6.54 Å². The van der Waals surface area contributed by atoms with Crippen LogP contribution in [-0.4, -0.2) is 44.3 Å². The highest BCUT2D eigenvalue weighted by Gasteiger charge is 2.38. The Kier molecular flexibility index (Phi) is 3.18. The lowest BCUT2D eigenvalue weighted by Crippen LogP contribution is -2.43. The van der Waals surface area contributed by atoms with Crippen molar-refractivity contribution in [1.82, 2.24) is 19.7 Å². The Bertz CT molecular complexity index is 697. The Morgan fingerprint density at radius 1 is 1.18 bits per heavy atom. The molecule has 0 radical (unpaired) electrons. The number of esters is 1. The SMILES string of the molecule is C[C@H]1C[C@@H](N2CCn3c(nnc3-c3ccccc3)C2)C(=O)O1. The molecule has 0 saturated carbocycles. The van der Waals surface area contributed by atoms with Crippen LogP contribution in [-0.2, 0) is 22.6 Å². The van der Waals surface area contributed by atoms with Gasteiger partial charge in [0.2, 0.25) is 0 Å². The number of hydrogen-bond acceptors (Lipinski definition) is 5. The largest absolute Gasteiger partial charge is 0.461 e. The lowest BCUT2D eigenvalue weighted by Gasteiger charge is -2.30. The van der Waals surface area contributed by atoms with Crippen molar-refractivity contribution in [1.29, 1.82) is 0 Å². The maximum Gasteiger partial charge on any atom is 0.323 e. The molecule has 1 aromatic carbocycles. The molecule has 2 aliphatic heterocycles. The Labute approximate surface area is 128 Å². The molecule has 0 N–H and O–H groups in total. The first-order valence-electron chi connectivity index (χ1n) is 7.64. The highest BCUT2D eigenvalue weighted by atomic mass is 16.6. The zero-order chi connectivity index (χ0) is 15.1. The fourth-order valence-electron chi connectivity index (χ4n) is 3.28. The molecule has 0 spiro atoms. The molecule has 2 atom stereocenters. The van der Waals surface area contributed by atoms with Crippen molar-refractivity contribution in [3.8, 4) is 11.4 Å². The molecule has 0 unspecified atom stereocenters. The van der Waals surface area contributed by atoms with Gasteiger partial charge < -0.3 is 9.30 Å². The van der Waals surface area contributed by atoms with Crippen LogP contribution in [0.15, 0.2) is 30.3 Å². The summed E-state index contributed by atoms with van der Waals surface area (Å²) in [5.74, 6) is 1.71. The number of rotatable bonds is 2. The van der Waals surface area contributed by atoms with Gasteiger partial charge in [-0.3, -0.25) is 9.69 Å². The maximum absolute atomic E-state index is 11.9. The van der Waals surface area contributed by atoms with E-state index < -0.39 is 0 Å². The van der Waals surface area contributed by atoms with E-state index in [4.69, 9.17) is 4.74 Å². The van der Waals surface area contributed by atoms with E-state index in [0.29, 0.717) is 6.54 Å². The van der Waals surface area contributed by atoms with Crippen LogP contribution >= 0.6 is 0 Å². The van der Waals surface area contributed by atoms with E-state index >= 15 is 0 Å². The molecule has 0 amide bonds. The molecule has 2 aromatic rings. The van der Waals surface area contributed by atoms with Gasteiger partial charge in [-0.25, -0.2) is 0 Å². The molecule has 114 valence electrons. The van der Waals surface area contributed by atoms with Crippen LogP contribution in [0.5, 0.6) is 0 Å². The van der Waals surface area contributed by atoms with E-state index in [0.717, 1.165) is 36.7 Å². The predicted octanol–water partition coefficient (Wildman–Crippen LogP) is 1.46. The van der Waals surface area contributed by atoms with Crippen LogP contribution in [0.25, 0.3) is 11.4 Å². The third kappa shape index (κ3) is 2.20. The van der Waals surface area contributed by atoms with E-state index in [-0.39, 0.29) is 18.1 Å². The minimum absolute atomic E-state index is 0.0113.